The summed E-state index contributed by atoms with van der Waals surface area (Å²) in [4.78, 5) is 0. The van der Waals surface area contributed by atoms with Gasteiger partial charge in [-0.3, -0.25) is 0 Å². The molecule has 2 heterocycles. The van der Waals surface area contributed by atoms with Gasteiger partial charge in [-0.2, -0.15) is 0 Å². The number of rotatable bonds is 3. The molecule has 0 radical (unpaired) electrons. The van der Waals surface area contributed by atoms with Crippen LogP contribution in [0.5, 0.6) is 0 Å². The van der Waals surface area contributed by atoms with Crippen LogP contribution in [0.4, 0.5) is 0 Å². The van der Waals surface area contributed by atoms with Gasteiger partial charge in [-0.05, 0) is 61.0 Å². The Morgan fingerprint density at radius 1 is 0.410 bits per heavy atom. The van der Waals surface area contributed by atoms with E-state index in [-0.39, 0.29) is 0 Å². The normalized spacial score (nSPS) is 11.7. The number of nitrogens with zero attached hydrogens (tertiary/aromatic N) is 2. The van der Waals surface area contributed by atoms with Crippen molar-refractivity contribution in [3.05, 3.63) is 145 Å². The van der Waals surface area contributed by atoms with Gasteiger partial charge >= 0.3 is 0 Å². The molecule has 6 aromatic carbocycles. The first kappa shape index (κ1) is 22.0. The van der Waals surface area contributed by atoms with Gasteiger partial charge in [0, 0.05) is 32.8 Å². The number of hydrogen-bond acceptors (Lipinski definition) is 0. The average Bonchev–Trinajstić information content (AvgIpc) is 3.50. The fraction of sp³-hybridized carbons (Fsp3) is 0.0270. The highest BCUT2D eigenvalue weighted by atomic mass is 15.0. The van der Waals surface area contributed by atoms with Crippen molar-refractivity contribution in [2.75, 3.05) is 0 Å². The van der Waals surface area contributed by atoms with Gasteiger partial charge < -0.3 is 9.13 Å². The molecule has 0 atom stereocenters. The fourth-order valence-corrected chi connectivity index (χ4v) is 6.34. The lowest BCUT2D eigenvalue weighted by atomic mass is 9.97. The predicted molar refractivity (Wildman–Crippen MR) is 165 cm³/mol. The monoisotopic (exact) mass is 498 g/mol. The van der Waals surface area contributed by atoms with Crippen LogP contribution in [0, 0.1) is 6.92 Å². The molecule has 2 heteroatoms. The zero-order chi connectivity index (χ0) is 25.9. The Kier molecular flexibility index (Phi) is 4.77. The van der Waals surface area contributed by atoms with E-state index in [1.54, 1.807) is 0 Å². The first-order chi connectivity index (χ1) is 19.3. The van der Waals surface area contributed by atoms with Crippen molar-refractivity contribution >= 4 is 43.6 Å². The van der Waals surface area contributed by atoms with Gasteiger partial charge in [-0.1, -0.05) is 96.6 Å². The van der Waals surface area contributed by atoms with Crippen LogP contribution in [-0.2, 0) is 0 Å². The topological polar surface area (TPSA) is 9.86 Å². The van der Waals surface area contributed by atoms with Gasteiger partial charge in [0.2, 0.25) is 0 Å². The molecule has 0 saturated heterocycles. The Bertz CT molecular complexity index is 2180. The molecule has 0 spiro atoms. The van der Waals surface area contributed by atoms with Crippen LogP contribution in [0.1, 0.15) is 5.56 Å². The van der Waals surface area contributed by atoms with Gasteiger partial charge in [0.1, 0.15) is 0 Å². The van der Waals surface area contributed by atoms with Crippen LogP contribution < -0.4 is 0 Å². The molecule has 0 aliphatic carbocycles. The molecule has 184 valence electrons. The van der Waals surface area contributed by atoms with E-state index in [1.165, 1.54) is 71.7 Å². The van der Waals surface area contributed by atoms with Gasteiger partial charge in [0.25, 0.3) is 0 Å². The molecule has 0 bridgehead atoms. The summed E-state index contributed by atoms with van der Waals surface area (Å²) < 4.78 is 4.83. The Hall–Kier alpha value is -5.08. The van der Waals surface area contributed by atoms with Crippen molar-refractivity contribution in [2.45, 2.75) is 6.92 Å². The van der Waals surface area contributed by atoms with E-state index in [2.05, 4.69) is 156 Å². The molecule has 0 N–H and O–H groups in total. The van der Waals surface area contributed by atoms with Gasteiger partial charge in [-0.25, -0.2) is 0 Å². The molecular weight excluding hydrogens is 472 g/mol. The second kappa shape index (κ2) is 8.47. The van der Waals surface area contributed by atoms with Gasteiger partial charge in [0.15, 0.2) is 0 Å². The number of para-hydroxylation sites is 4. The fourth-order valence-electron chi connectivity index (χ4n) is 6.34. The summed E-state index contributed by atoms with van der Waals surface area (Å²) >= 11 is 0. The van der Waals surface area contributed by atoms with Crippen molar-refractivity contribution < 1.29 is 0 Å². The highest BCUT2D eigenvalue weighted by Crippen LogP contribution is 2.42. The van der Waals surface area contributed by atoms with E-state index >= 15 is 0 Å². The van der Waals surface area contributed by atoms with E-state index in [4.69, 9.17) is 0 Å². The molecule has 2 aromatic heterocycles. The lowest BCUT2D eigenvalue weighted by Gasteiger charge is -2.15. The van der Waals surface area contributed by atoms with Crippen LogP contribution >= 0.6 is 0 Å². The Morgan fingerprint density at radius 3 is 1.87 bits per heavy atom. The maximum atomic E-state index is 2.44. The minimum atomic E-state index is 1.17. The third-order valence-corrected chi connectivity index (χ3v) is 7.98. The summed E-state index contributed by atoms with van der Waals surface area (Å²) in [6, 6.07) is 50.6. The molecule has 2 nitrogen and oxygen atoms in total. The molecule has 0 aliphatic heterocycles. The summed E-state index contributed by atoms with van der Waals surface area (Å²) in [6.07, 6.45) is 0. The highest BCUT2D eigenvalue weighted by Gasteiger charge is 2.19. The molecule has 0 fully saturated rings. The molecular formula is C37H26N2. The SMILES string of the molecule is Cc1ccc2c(c1)c1ccccc1n2-c1ccccc1-c1cccc2c1c1ccccc1n2-c1ccccc1. The average molecular weight is 499 g/mol. The van der Waals surface area contributed by atoms with E-state index in [0.29, 0.717) is 0 Å². The zero-order valence-corrected chi connectivity index (χ0v) is 21.7. The molecule has 0 unspecified atom stereocenters. The largest absolute Gasteiger partial charge is 0.309 e. The third kappa shape index (κ3) is 3.22. The van der Waals surface area contributed by atoms with Crippen LogP contribution in [0.25, 0.3) is 66.1 Å². The lowest BCUT2D eigenvalue weighted by Crippen LogP contribution is -1.97. The summed E-state index contributed by atoms with van der Waals surface area (Å²) in [5.41, 5.74) is 11.0. The molecule has 39 heavy (non-hydrogen) atoms. The zero-order valence-electron chi connectivity index (χ0n) is 21.7. The smallest absolute Gasteiger partial charge is 0.0547 e. The summed E-state index contributed by atoms with van der Waals surface area (Å²) in [7, 11) is 0. The number of benzene rings is 6. The molecule has 8 rings (SSSR count). The number of fused-ring (bicyclic) bond motifs is 6. The van der Waals surface area contributed by atoms with Crippen molar-refractivity contribution in [1.82, 2.24) is 9.13 Å². The first-order valence-electron chi connectivity index (χ1n) is 13.5. The number of hydrogen-bond donors (Lipinski definition) is 0. The maximum absolute atomic E-state index is 2.44. The Balaban J connectivity index is 1.49. The third-order valence-electron chi connectivity index (χ3n) is 7.98. The van der Waals surface area contributed by atoms with Crippen molar-refractivity contribution in [3.63, 3.8) is 0 Å². The van der Waals surface area contributed by atoms with E-state index in [9.17, 15) is 0 Å². The van der Waals surface area contributed by atoms with E-state index in [1.807, 2.05) is 0 Å². The Labute approximate surface area is 227 Å². The van der Waals surface area contributed by atoms with Crippen molar-refractivity contribution in [3.8, 4) is 22.5 Å². The minimum absolute atomic E-state index is 1.17. The van der Waals surface area contributed by atoms with Crippen LogP contribution in [0.2, 0.25) is 0 Å². The molecule has 0 aliphatic rings. The van der Waals surface area contributed by atoms with E-state index in [0.717, 1.165) is 0 Å². The maximum Gasteiger partial charge on any atom is 0.0547 e. The molecule has 8 aromatic rings. The Morgan fingerprint density at radius 2 is 1.03 bits per heavy atom. The van der Waals surface area contributed by atoms with Gasteiger partial charge in [-0.15, -0.1) is 0 Å². The minimum Gasteiger partial charge on any atom is -0.309 e. The number of aromatic nitrogens is 2. The predicted octanol–water partition coefficient (Wildman–Crippen LogP) is 9.86. The van der Waals surface area contributed by atoms with Crippen molar-refractivity contribution in [1.29, 1.82) is 0 Å². The van der Waals surface area contributed by atoms with Crippen LogP contribution in [-0.4, -0.2) is 9.13 Å². The molecule has 0 amide bonds. The number of aryl methyl sites for hydroxylation is 1. The second-order valence-corrected chi connectivity index (χ2v) is 10.3. The van der Waals surface area contributed by atoms with Gasteiger partial charge in [0.05, 0.1) is 27.8 Å². The lowest BCUT2D eigenvalue weighted by molar-refractivity contribution is 1.18. The standard InChI is InChI=1S/C37H26N2/c1-25-22-23-35-31(24-25)28-15-6-9-19-33(28)39(35)32-18-8-5-14-27(32)29-17-11-21-36-37(29)30-16-7-10-20-34(30)38(36)26-12-3-2-4-13-26/h2-24H,1H3. The summed E-state index contributed by atoms with van der Waals surface area (Å²) in [5.74, 6) is 0. The van der Waals surface area contributed by atoms with Crippen LogP contribution in [0.3, 0.4) is 0 Å². The van der Waals surface area contributed by atoms with Crippen molar-refractivity contribution in [2.24, 2.45) is 0 Å². The quantitative estimate of drug-likeness (QED) is 0.229. The van der Waals surface area contributed by atoms with E-state index < -0.39 is 0 Å². The summed E-state index contributed by atoms with van der Waals surface area (Å²) in [6.45, 7) is 2.17. The second-order valence-electron chi connectivity index (χ2n) is 10.3. The summed E-state index contributed by atoms with van der Waals surface area (Å²) in [5, 5.41) is 5.12. The highest BCUT2D eigenvalue weighted by molar-refractivity contribution is 6.17. The van der Waals surface area contributed by atoms with Crippen LogP contribution in [0.15, 0.2) is 140 Å². The molecule has 0 saturated carbocycles. The first-order valence-corrected chi connectivity index (χ1v) is 13.5.